The predicted octanol–water partition coefficient (Wildman–Crippen LogP) is 0.382. The van der Waals surface area contributed by atoms with Crippen molar-refractivity contribution in [2.24, 2.45) is 10.7 Å². The van der Waals surface area contributed by atoms with Crippen LogP contribution in [0.5, 0.6) is 0 Å². The van der Waals surface area contributed by atoms with Crippen LogP contribution in [0.2, 0.25) is 10.0 Å². The lowest BCUT2D eigenvalue weighted by atomic mass is 10.2. The zero-order valence-electron chi connectivity index (χ0n) is 9.47. The minimum absolute atomic E-state index is 0.340. The Hall–Kier alpha value is -1.30. The van der Waals surface area contributed by atoms with Crippen molar-refractivity contribution >= 4 is 35.4 Å². The average molecular weight is 288 g/mol. The van der Waals surface area contributed by atoms with Gasteiger partial charge in [0.15, 0.2) is 6.29 Å². The Labute approximate surface area is 113 Å². The van der Waals surface area contributed by atoms with E-state index in [4.69, 9.17) is 34.0 Å². The van der Waals surface area contributed by atoms with Crippen LogP contribution in [0.4, 0.5) is 0 Å². The van der Waals surface area contributed by atoms with Gasteiger partial charge in [0.1, 0.15) is 6.04 Å². The maximum Gasteiger partial charge on any atom is 0.326 e. The molecule has 0 aromatic heterocycles. The fourth-order valence-electron chi connectivity index (χ4n) is 1.69. The van der Waals surface area contributed by atoms with Gasteiger partial charge in [-0.1, -0.05) is 23.2 Å². The van der Waals surface area contributed by atoms with Gasteiger partial charge in [0.05, 0.1) is 15.4 Å². The minimum Gasteiger partial charge on any atom is -0.480 e. The molecule has 2 rings (SSSR count). The molecule has 0 saturated heterocycles. The van der Waals surface area contributed by atoms with E-state index in [-0.39, 0.29) is 0 Å². The van der Waals surface area contributed by atoms with E-state index in [2.05, 4.69) is 4.99 Å². The fraction of sp³-hybridized carbons (Fsp3) is 0.273. The highest BCUT2D eigenvalue weighted by atomic mass is 35.5. The first kappa shape index (κ1) is 13.1. The van der Waals surface area contributed by atoms with E-state index < -0.39 is 18.3 Å². The number of carboxylic acids is 1. The number of fused-ring (bicyclic) bond motifs is 1. The first-order valence-electron chi connectivity index (χ1n) is 5.21. The quantitative estimate of drug-likeness (QED) is 0.824. The number of carboxylic acid groups (broad SMARTS) is 1. The van der Waals surface area contributed by atoms with Crippen molar-refractivity contribution in [2.45, 2.75) is 19.3 Å². The molecule has 2 unspecified atom stereocenters. The molecule has 96 valence electrons. The number of carbonyl (C=O) groups is 1. The number of nitrogens with zero attached hydrogens (tertiary/aromatic N) is 2. The Bertz CT molecular complexity index is 617. The summed E-state index contributed by atoms with van der Waals surface area (Å²) >= 11 is 12.0. The van der Waals surface area contributed by atoms with Gasteiger partial charge in [0.25, 0.3) is 0 Å². The Balaban J connectivity index is 2.61. The van der Waals surface area contributed by atoms with E-state index in [1.807, 2.05) is 0 Å². The van der Waals surface area contributed by atoms with Gasteiger partial charge in [-0.3, -0.25) is 5.73 Å². The lowest BCUT2D eigenvalue weighted by molar-refractivity contribution is -0.141. The van der Waals surface area contributed by atoms with E-state index in [1.165, 1.54) is 11.8 Å². The molecular formula is C11H11Cl2N3O2. The van der Waals surface area contributed by atoms with Crippen LogP contribution in [0.15, 0.2) is 17.1 Å². The number of nitrogens with two attached hydrogens (primary N) is 1. The largest absolute Gasteiger partial charge is 0.480 e. The lowest BCUT2D eigenvalue weighted by Gasteiger charge is -2.30. The molecule has 3 N–H and O–H groups in total. The van der Waals surface area contributed by atoms with Crippen LogP contribution >= 0.6 is 23.2 Å². The molecule has 0 amide bonds. The smallest absolute Gasteiger partial charge is 0.326 e. The standard InChI is InChI=1S/C11H11Cl2N3O2/c1-5(10(17)18)16-4-6-8(15-11(16)14)3-2-7(12)9(6)13/h2-5,11H,14H2,1H3,(H,17,18). The third-order valence-corrected chi connectivity index (χ3v) is 3.59. The summed E-state index contributed by atoms with van der Waals surface area (Å²) in [5, 5.41) is 10.9. The minimum atomic E-state index is -0.987. The molecule has 0 fully saturated rings. The van der Waals surface area contributed by atoms with E-state index >= 15 is 0 Å². The normalized spacial score (nSPS) is 19.6. The molecule has 1 heterocycles. The summed E-state index contributed by atoms with van der Waals surface area (Å²) in [6.07, 6.45) is 0.834. The monoisotopic (exact) mass is 287 g/mol. The molecule has 1 aromatic carbocycles. The van der Waals surface area contributed by atoms with Crippen molar-refractivity contribution in [2.75, 3.05) is 0 Å². The first-order valence-corrected chi connectivity index (χ1v) is 5.97. The number of hydrogen-bond donors (Lipinski definition) is 2. The maximum absolute atomic E-state index is 11.0. The molecule has 7 heteroatoms. The number of benzene rings is 1. The van der Waals surface area contributed by atoms with Crippen molar-refractivity contribution in [1.82, 2.24) is 4.90 Å². The summed E-state index contributed by atoms with van der Waals surface area (Å²) in [6, 6.07) is 2.53. The zero-order chi connectivity index (χ0) is 13.4. The Morgan fingerprint density at radius 3 is 2.83 bits per heavy atom. The van der Waals surface area contributed by atoms with Gasteiger partial charge in [-0.2, -0.15) is 0 Å². The van der Waals surface area contributed by atoms with Crippen molar-refractivity contribution in [1.29, 1.82) is 0 Å². The van der Waals surface area contributed by atoms with Crippen molar-refractivity contribution < 1.29 is 9.90 Å². The van der Waals surface area contributed by atoms with Gasteiger partial charge in [-0.25, -0.2) is 9.79 Å². The van der Waals surface area contributed by atoms with Gasteiger partial charge in [0.2, 0.25) is 0 Å². The summed E-state index contributed by atoms with van der Waals surface area (Å²) in [4.78, 5) is 16.6. The molecule has 0 radical (unpaired) electrons. The van der Waals surface area contributed by atoms with E-state index in [9.17, 15) is 4.79 Å². The predicted molar refractivity (Wildman–Crippen MR) is 68.6 cm³/mol. The maximum atomic E-state index is 11.0. The molecule has 2 atom stereocenters. The van der Waals surface area contributed by atoms with Crippen LogP contribution in [0, 0.1) is 0 Å². The third-order valence-electron chi connectivity index (χ3n) is 2.77. The molecule has 0 aliphatic carbocycles. The highest BCUT2D eigenvalue weighted by Crippen LogP contribution is 2.16. The van der Waals surface area contributed by atoms with Gasteiger partial charge in [-0.15, -0.1) is 0 Å². The summed E-state index contributed by atoms with van der Waals surface area (Å²) in [5.74, 6) is -0.987. The zero-order valence-corrected chi connectivity index (χ0v) is 11.0. The highest BCUT2D eigenvalue weighted by Gasteiger charge is 2.24. The van der Waals surface area contributed by atoms with Gasteiger partial charge in [0, 0.05) is 11.4 Å². The second kappa shape index (κ2) is 4.76. The molecule has 0 bridgehead atoms. The van der Waals surface area contributed by atoms with Gasteiger partial charge < -0.3 is 10.0 Å². The van der Waals surface area contributed by atoms with E-state index in [1.54, 1.807) is 18.3 Å². The molecule has 1 aliphatic heterocycles. The molecule has 18 heavy (non-hydrogen) atoms. The molecular weight excluding hydrogens is 277 g/mol. The van der Waals surface area contributed by atoms with Crippen molar-refractivity contribution in [3.05, 3.63) is 32.8 Å². The number of aliphatic carboxylic acids is 1. The molecule has 5 nitrogen and oxygen atoms in total. The van der Waals surface area contributed by atoms with E-state index in [0.717, 1.165) is 0 Å². The number of halogens is 2. The van der Waals surface area contributed by atoms with Gasteiger partial charge >= 0.3 is 5.97 Å². The Morgan fingerprint density at radius 1 is 1.56 bits per heavy atom. The van der Waals surface area contributed by atoms with Crippen LogP contribution in [0.1, 0.15) is 6.92 Å². The van der Waals surface area contributed by atoms with Crippen LogP contribution < -0.4 is 16.3 Å². The average Bonchev–Trinajstić information content (AvgIpc) is 2.32. The highest BCUT2D eigenvalue weighted by molar-refractivity contribution is 6.42. The second-order valence-electron chi connectivity index (χ2n) is 3.93. The second-order valence-corrected chi connectivity index (χ2v) is 4.71. The summed E-state index contributed by atoms with van der Waals surface area (Å²) in [5.41, 5.74) is 5.81. The summed E-state index contributed by atoms with van der Waals surface area (Å²) in [6.45, 7) is 1.53. The van der Waals surface area contributed by atoms with Crippen molar-refractivity contribution in [3.63, 3.8) is 0 Å². The topological polar surface area (TPSA) is 78.9 Å². The molecule has 1 aromatic rings. The van der Waals surface area contributed by atoms with Gasteiger partial charge in [-0.05, 0) is 19.1 Å². The Morgan fingerprint density at radius 2 is 2.22 bits per heavy atom. The lowest BCUT2D eigenvalue weighted by Crippen LogP contribution is -2.52. The third kappa shape index (κ3) is 2.16. The SMILES string of the molecule is CC(C(=O)O)N1C=c2c(Cl)c(Cl)ccc2=NC1N. The molecule has 1 aliphatic rings. The molecule has 0 saturated carbocycles. The van der Waals surface area contributed by atoms with Crippen LogP contribution in [0.3, 0.4) is 0 Å². The fourth-order valence-corrected chi connectivity index (χ4v) is 2.07. The first-order chi connectivity index (χ1) is 8.41. The summed E-state index contributed by atoms with van der Waals surface area (Å²) < 4.78 is 0. The van der Waals surface area contributed by atoms with Crippen LogP contribution in [-0.4, -0.2) is 28.3 Å². The number of rotatable bonds is 2. The van der Waals surface area contributed by atoms with E-state index in [0.29, 0.717) is 20.6 Å². The summed E-state index contributed by atoms with van der Waals surface area (Å²) in [7, 11) is 0. The molecule has 0 spiro atoms. The Kier molecular flexibility index (Phi) is 3.47. The number of hydrogen-bond acceptors (Lipinski definition) is 4. The van der Waals surface area contributed by atoms with Crippen LogP contribution in [-0.2, 0) is 4.79 Å². The van der Waals surface area contributed by atoms with Crippen molar-refractivity contribution in [3.8, 4) is 0 Å². The van der Waals surface area contributed by atoms with Crippen LogP contribution in [0.25, 0.3) is 6.20 Å².